The van der Waals surface area contributed by atoms with Crippen molar-refractivity contribution in [2.24, 2.45) is 0 Å². The van der Waals surface area contributed by atoms with Crippen LogP contribution in [-0.2, 0) is 11.3 Å². The fraction of sp³-hybridized carbons (Fsp3) is 0.364. The minimum atomic E-state index is -0.148. The van der Waals surface area contributed by atoms with Crippen LogP contribution in [0, 0.1) is 0 Å². The van der Waals surface area contributed by atoms with E-state index in [-0.39, 0.29) is 11.9 Å². The molecule has 1 amide bonds. The lowest BCUT2D eigenvalue weighted by Crippen LogP contribution is -2.49. The number of hydrogen-bond donors (Lipinski definition) is 1. The summed E-state index contributed by atoms with van der Waals surface area (Å²) in [6.45, 7) is 6.91. The Hall–Kier alpha value is -2.70. The largest absolute Gasteiger partial charge is 0.459 e. The van der Waals surface area contributed by atoms with Crippen molar-refractivity contribution in [1.82, 2.24) is 20.1 Å². The quantitative estimate of drug-likeness (QED) is 0.715. The molecule has 0 bridgehead atoms. The van der Waals surface area contributed by atoms with Gasteiger partial charge in [0.2, 0.25) is 5.91 Å². The van der Waals surface area contributed by atoms with Crippen LogP contribution in [0.5, 0.6) is 0 Å². The molecule has 1 aromatic carbocycles. The number of furan rings is 1. The van der Waals surface area contributed by atoms with E-state index in [1.165, 1.54) is 0 Å². The van der Waals surface area contributed by atoms with Gasteiger partial charge in [-0.05, 0) is 31.2 Å². The average molecular weight is 378 g/mol. The summed E-state index contributed by atoms with van der Waals surface area (Å²) >= 11 is 0. The molecule has 1 saturated heterocycles. The van der Waals surface area contributed by atoms with E-state index in [9.17, 15) is 4.79 Å². The van der Waals surface area contributed by atoms with Gasteiger partial charge in [-0.3, -0.25) is 19.6 Å². The number of fused-ring (bicyclic) bond motifs is 1. The van der Waals surface area contributed by atoms with E-state index in [0.29, 0.717) is 6.54 Å². The lowest BCUT2D eigenvalue weighted by Gasteiger charge is -2.34. The summed E-state index contributed by atoms with van der Waals surface area (Å²) in [4.78, 5) is 21.4. The number of hydrogen-bond acceptors (Lipinski definition) is 5. The second-order valence-electron chi connectivity index (χ2n) is 7.35. The Morgan fingerprint density at radius 1 is 1.11 bits per heavy atom. The molecule has 0 spiro atoms. The van der Waals surface area contributed by atoms with Crippen LogP contribution in [0.25, 0.3) is 11.0 Å². The second-order valence-corrected chi connectivity index (χ2v) is 7.35. The lowest BCUT2D eigenvalue weighted by atomic mass is 10.2. The standard InChI is InChI=1S/C22H26N4O2/c1-17(21-14-18-6-2-3-8-20(18)28-21)24-22(27)16-26-12-10-25(11-13-26)15-19-7-4-5-9-23-19/h2-9,14,17H,10-13,15-16H2,1H3,(H,24,27). The van der Waals surface area contributed by atoms with E-state index in [2.05, 4.69) is 26.2 Å². The summed E-state index contributed by atoms with van der Waals surface area (Å²) in [6.07, 6.45) is 1.83. The molecule has 28 heavy (non-hydrogen) atoms. The molecule has 146 valence electrons. The third-order valence-corrected chi connectivity index (χ3v) is 5.19. The van der Waals surface area contributed by atoms with Gasteiger partial charge in [0.1, 0.15) is 11.3 Å². The van der Waals surface area contributed by atoms with Gasteiger partial charge in [-0.1, -0.05) is 24.3 Å². The molecule has 2 aromatic heterocycles. The molecule has 3 aromatic rings. The number of carbonyl (C=O) groups is 1. The van der Waals surface area contributed by atoms with Crippen LogP contribution < -0.4 is 5.32 Å². The summed E-state index contributed by atoms with van der Waals surface area (Å²) in [5.41, 5.74) is 1.94. The second kappa shape index (κ2) is 8.54. The van der Waals surface area contributed by atoms with Crippen molar-refractivity contribution in [2.75, 3.05) is 32.7 Å². The summed E-state index contributed by atoms with van der Waals surface area (Å²) in [5.74, 6) is 0.820. The number of pyridine rings is 1. The molecule has 4 rings (SSSR count). The van der Waals surface area contributed by atoms with E-state index in [1.807, 2.05) is 55.6 Å². The van der Waals surface area contributed by atoms with Gasteiger partial charge in [0.25, 0.3) is 0 Å². The van der Waals surface area contributed by atoms with Crippen molar-refractivity contribution in [1.29, 1.82) is 0 Å². The van der Waals surface area contributed by atoms with Crippen molar-refractivity contribution >= 4 is 16.9 Å². The number of rotatable bonds is 6. The molecule has 1 aliphatic heterocycles. The first kappa shape index (κ1) is 18.7. The Morgan fingerprint density at radius 3 is 2.61 bits per heavy atom. The Bertz CT molecular complexity index is 883. The van der Waals surface area contributed by atoms with Crippen LogP contribution in [-0.4, -0.2) is 53.4 Å². The molecule has 6 heteroatoms. The van der Waals surface area contributed by atoms with Gasteiger partial charge in [-0.2, -0.15) is 0 Å². The molecule has 1 N–H and O–H groups in total. The zero-order valence-electron chi connectivity index (χ0n) is 16.2. The van der Waals surface area contributed by atoms with Gasteiger partial charge >= 0.3 is 0 Å². The third kappa shape index (κ3) is 4.58. The first-order valence-corrected chi connectivity index (χ1v) is 9.80. The van der Waals surface area contributed by atoms with E-state index in [1.54, 1.807) is 0 Å². The van der Waals surface area contributed by atoms with E-state index in [4.69, 9.17) is 4.42 Å². The first-order valence-electron chi connectivity index (χ1n) is 9.80. The van der Waals surface area contributed by atoms with Crippen LogP contribution in [0.1, 0.15) is 24.4 Å². The molecule has 0 aliphatic carbocycles. The van der Waals surface area contributed by atoms with Gasteiger partial charge in [0.05, 0.1) is 18.3 Å². The lowest BCUT2D eigenvalue weighted by molar-refractivity contribution is -0.123. The maximum absolute atomic E-state index is 12.5. The van der Waals surface area contributed by atoms with E-state index < -0.39 is 0 Å². The molecule has 3 heterocycles. The van der Waals surface area contributed by atoms with Crippen LogP contribution in [0.4, 0.5) is 0 Å². The molecule has 1 unspecified atom stereocenters. The van der Waals surface area contributed by atoms with Crippen LogP contribution >= 0.6 is 0 Å². The Kier molecular flexibility index (Phi) is 5.69. The smallest absolute Gasteiger partial charge is 0.234 e. The zero-order valence-corrected chi connectivity index (χ0v) is 16.2. The number of carbonyl (C=O) groups excluding carboxylic acids is 1. The number of piperazine rings is 1. The Balaban J connectivity index is 1.24. The molecule has 1 aliphatic rings. The Morgan fingerprint density at radius 2 is 1.86 bits per heavy atom. The number of nitrogens with one attached hydrogen (secondary N) is 1. The highest BCUT2D eigenvalue weighted by Crippen LogP contribution is 2.23. The highest BCUT2D eigenvalue weighted by Gasteiger charge is 2.21. The van der Waals surface area contributed by atoms with Gasteiger partial charge in [-0.25, -0.2) is 0 Å². The molecule has 1 atom stereocenters. The maximum atomic E-state index is 12.5. The maximum Gasteiger partial charge on any atom is 0.234 e. The fourth-order valence-corrected chi connectivity index (χ4v) is 3.60. The van der Waals surface area contributed by atoms with Crippen molar-refractivity contribution in [3.8, 4) is 0 Å². The van der Waals surface area contributed by atoms with Crippen molar-refractivity contribution < 1.29 is 9.21 Å². The summed E-state index contributed by atoms with van der Waals surface area (Å²) in [6, 6.07) is 15.8. The third-order valence-electron chi connectivity index (χ3n) is 5.19. The molecular formula is C22H26N4O2. The minimum Gasteiger partial charge on any atom is -0.459 e. The van der Waals surface area contributed by atoms with Crippen molar-refractivity contribution in [2.45, 2.75) is 19.5 Å². The average Bonchev–Trinajstić information content (AvgIpc) is 3.15. The van der Waals surface area contributed by atoms with Crippen LogP contribution in [0.15, 0.2) is 59.1 Å². The predicted octanol–water partition coefficient (Wildman–Crippen LogP) is 2.82. The molecule has 1 fully saturated rings. The minimum absolute atomic E-state index is 0.0335. The van der Waals surface area contributed by atoms with Gasteiger partial charge in [0, 0.05) is 44.3 Å². The molecular weight excluding hydrogens is 352 g/mol. The normalized spacial score (nSPS) is 16.9. The number of amides is 1. The van der Waals surface area contributed by atoms with Crippen molar-refractivity contribution in [3.05, 3.63) is 66.2 Å². The Labute approximate surface area is 165 Å². The topological polar surface area (TPSA) is 61.6 Å². The van der Waals surface area contributed by atoms with Gasteiger partial charge < -0.3 is 9.73 Å². The zero-order chi connectivity index (χ0) is 19.3. The summed E-state index contributed by atoms with van der Waals surface area (Å²) < 4.78 is 5.85. The predicted molar refractivity (Wildman–Crippen MR) is 109 cm³/mol. The van der Waals surface area contributed by atoms with Crippen molar-refractivity contribution in [3.63, 3.8) is 0 Å². The number of nitrogens with zero attached hydrogens (tertiary/aromatic N) is 3. The summed E-state index contributed by atoms with van der Waals surface area (Å²) in [7, 11) is 0. The molecule has 6 nitrogen and oxygen atoms in total. The van der Waals surface area contributed by atoms with Gasteiger partial charge in [-0.15, -0.1) is 0 Å². The highest BCUT2D eigenvalue weighted by atomic mass is 16.3. The molecule has 0 saturated carbocycles. The number of aromatic nitrogens is 1. The van der Waals surface area contributed by atoms with Gasteiger partial charge in [0.15, 0.2) is 0 Å². The van der Waals surface area contributed by atoms with Crippen LogP contribution in [0.2, 0.25) is 0 Å². The monoisotopic (exact) mass is 378 g/mol. The first-order chi connectivity index (χ1) is 13.7. The fourth-order valence-electron chi connectivity index (χ4n) is 3.60. The SMILES string of the molecule is CC(NC(=O)CN1CCN(Cc2ccccn2)CC1)c1cc2ccccc2o1. The summed E-state index contributed by atoms with van der Waals surface area (Å²) in [5, 5.41) is 4.12. The van der Waals surface area contributed by atoms with E-state index >= 15 is 0 Å². The van der Waals surface area contributed by atoms with Crippen LogP contribution in [0.3, 0.4) is 0 Å². The molecule has 0 radical (unpaired) electrons. The number of para-hydroxylation sites is 1. The number of benzene rings is 1. The highest BCUT2D eigenvalue weighted by molar-refractivity contribution is 5.80. The van der Waals surface area contributed by atoms with E-state index in [0.717, 1.165) is 55.1 Å².